The van der Waals surface area contributed by atoms with Crippen molar-refractivity contribution in [2.24, 2.45) is 5.41 Å². The van der Waals surface area contributed by atoms with Crippen LogP contribution >= 0.6 is 0 Å². The number of nitrogens with zero attached hydrogens (tertiary/aromatic N) is 1. The first-order chi connectivity index (χ1) is 19.4. The van der Waals surface area contributed by atoms with E-state index in [1.807, 2.05) is 20.8 Å². The molecule has 3 aromatic rings. The fourth-order valence-corrected chi connectivity index (χ4v) is 3.96. The second kappa shape index (κ2) is 12.8. The van der Waals surface area contributed by atoms with Gasteiger partial charge in [0.1, 0.15) is 11.9 Å². The van der Waals surface area contributed by atoms with Crippen molar-refractivity contribution in [3.63, 3.8) is 0 Å². The molecule has 1 atom stereocenters. The van der Waals surface area contributed by atoms with Crippen LogP contribution in [0.25, 0.3) is 11.3 Å². The normalized spacial score (nSPS) is 13.0. The lowest BCUT2D eigenvalue weighted by atomic mass is 9.88. The first-order valence-corrected chi connectivity index (χ1v) is 12.9. The van der Waals surface area contributed by atoms with E-state index in [2.05, 4.69) is 10.3 Å². The molecule has 226 valence electrons. The van der Waals surface area contributed by atoms with Gasteiger partial charge in [-0.25, -0.2) is 0 Å². The van der Waals surface area contributed by atoms with E-state index < -0.39 is 41.5 Å². The molecule has 2 aromatic carbocycles. The molecule has 0 fully saturated rings. The summed E-state index contributed by atoms with van der Waals surface area (Å²) in [6.07, 6.45) is -8.14. The number of pyridine rings is 1. The largest absolute Gasteiger partial charge is 0.486 e. The minimum Gasteiger partial charge on any atom is -0.486 e. The van der Waals surface area contributed by atoms with Crippen molar-refractivity contribution in [1.82, 2.24) is 10.3 Å². The molecule has 0 aliphatic heterocycles. The summed E-state index contributed by atoms with van der Waals surface area (Å²) in [5.41, 5.74) is -2.46. The van der Waals surface area contributed by atoms with Crippen LogP contribution in [0, 0.1) is 5.41 Å². The molecule has 0 saturated heterocycles. The van der Waals surface area contributed by atoms with Crippen molar-refractivity contribution in [1.29, 1.82) is 0 Å². The van der Waals surface area contributed by atoms with E-state index in [1.165, 1.54) is 24.4 Å². The average Bonchev–Trinajstić information content (AvgIpc) is 2.89. The standard InChI is InChI=1S/C30H30F6N2O4/c1-28(2,3)12-10-25(42-23-7-4-18(5-8-23)27(41)37-13-11-26(39)40)19-6-9-24(38-17-19)20-14-21(29(31,32)33)16-22(15-20)30(34,35)36/h4-9,14-17,25H,10-13H2,1-3H3,(H,37,41)(H,39,40)/t25-/m1/s1. The maximum atomic E-state index is 13.3. The number of benzene rings is 2. The summed E-state index contributed by atoms with van der Waals surface area (Å²) in [7, 11) is 0. The maximum Gasteiger partial charge on any atom is 0.416 e. The van der Waals surface area contributed by atoms with E-state index in [0.29, 0.717) is 41.9 Å². The van der Waals surface area contributed by atoms with Gasteiger partial charge in [0.2, 0.25) is 0 Å². The molecule has 0 unspecified atom stereocenters. The molecule has 0 bridgehead atoms. The summed E-state index contributed by atoms with van der Waals surface area (Å²) >= 11 is 0. The number of aromatic nitrogens is 1. The van der Waals surface area contributed by atoms with Crippen LogP contribution in [0.15, 0.2) is 60.8 Å². The fourth-order valence-electron chi connectivity index (χ4n) is 3.96. The monoisotopic (exact) mass is 596 g/mol. The van der Waals surface area contributed by atoms with E-state index in [-0.39, 0.29) is 35.7 Å². The van der Waals surface area contributed by atoms with Crippen LogP contribution in [0.2, 0.25) is 0 Å². The second-order valence-corrected chi connectivity index (χ2v) is 10.9. The molecule has 1 heterocycles. The molecule has 0 aliphatic carbocycles. The number of hydrogen-bond acceptors (Lipinski definition) is 4. The minimum absolute atomic E-state index is 0.0255. The Morgan fingerprint density at radius 2 is 1.50 bits per heavy atom. The molecule has 0 spiro atoms. The number of carbonyl (C=O) groups excluding carboxylic acids is 1. The number of alkyl halides is 6. The van der Waals surface area contributed by atoms with Gasteiger partial charge in [-0.05, 0) is 66.8 Å². The molecule has 12 heteroatoms. The van der Waals surface area contributed by atoms with Gasteiger partial charge in [0.25, 0.3) is 5.91 Å². The number of carboxylic acid groups (broad SMARTS) is 1. The highest BCUT2D eigenvalue weighted by atomic mass is 19.4. The van der Waals surface area contributed by atoms with Gasteiger partial charge in [-0.15, -0.1) is 0 Å². The number of carboxylic acids is 1. The Morgan fingerprint density at radius 1 is 0.905 bits per heavy atom. The third kappa shape index (κ3) is 9.49. The number of ether oxygens (including phenoxy) is 1. The molecule has 1 aromatic heterocycles. The van der Waals surface area contributed by atoms with Crippen LogP contribution in [-0.2, 0) is 17.1 Å². The van der Waals surface area contributed by atoms with Gasteiger partial charge < -0.3 is 15.2 Å². The van der Waals surface area contributed by atoms with Crippen molar-refractivity contribution in [2.75, 3.05) is 6.54 Å². The Morgan fingerprint density at radius 3 is 1.98 bits per heavy atom. The van der Waals surface area contributed by atoms with Gasteiger partial charge in [0.15, 0.2) is 0 Å². The molecule has 0 aliphatic rings. The van der Waals surface area contributed by atoms with Crippen LogP contribution in [0.4, 0.5) is 26.3 Å². The molecule has 1 amide bonds. The molecule has 2 N–H and O–H groups in total. The minimum atomic E-state index is -4.98. The number of nitrogens with one attached hydrogen (secondary N) is 1. The molecule has 6 nitrogen and oxygen atoms in total. The maximum absolute atomic E-state index is 13.3. The fraction of sp³-hybridized carbons (Fsp3) is 0.367. The Hall–Kier alpha value is -4.09. The van der Waals surface area contributed by atoms with Gasteiger partial charge in [-0.1, -0.05) is 26.8 Å². The van der Waals surface area contributed by atoms with E-state index in [0.717, 1.165) is 0 Å². The lowest BCUT2D eigenvalue weighted by Gasteiger charge is -2.24. The van der Waals surface area contributed by atoms with Gasteiger partial charge in [0.05, 0.1) is 23.2 Å². The van der Waals surface area contributed by atoms with Crippen LogP contribution in [0.3, 0.4) is 0 Å². The van der Waals surface area contributed by atoms with E-state index in [4.69, 9.17) is 9.84 Å². The second-order valence-electron chi connectivity index (χ2n) is 10.9. The lowest BCUT2D eigenvalue weighted by molar-refractivity contribution is -0.143. The quantitative estimate of drug-likeness (QED) is 0.232. The van der Waals surface area contributed by atoms with Gasteiger partial charge in [-0.2, -0.15) is 26.3 Å². The van der Waals surface area contributed by atoms with Crippen molar-refractivity contribution in [3.8, 4) is 17.0 Å². The van der Waals surface area contributed by atoms with Crippen molar-refractivity contribution in [3.05, 3.63) is 83.0 Å². The third-order valence-corrected chi connectivity index (χ3v) is 6.22. The number of aliphatic carboxylic acids is 1. The van der Waals surface area contributed by atoms with Crippen molar-refractivity contribution in [2.45, 2.75) is 58.5 Å². The molecule has 0 saturated carbocycles. The Bertz CT molecular complexity index is 1350. The average molecular weight is 597 g/mol. The van der Waals surface area contributed by atoms with E-state index in [9.17, 15) is 35.9 Å². The van der Waals surface area contributed by atoms with E-state index in [1.54, 1.807) is 18.2 Å². The number of hydrogen-bond donors (Lipinski definition) is 2. The summed E-state index contributed by atoms with van der Waals surface area (Å²) in [4.78, 5) is 27.0. The van der Waals surface area contributed by atoms with Gasteiger partial charge in [0, 0.05) is 29.4 Å². The highest BCUT2D eigenvalue weighted by Gasteiger charge is 2.37. The first kappa shape index (κ1) is 32.4. The predicted molar refractivity (Wildman–Crippen MR) is 143 cm³/mol. The summed E-state index contributed by atoms with van der Waals surface area (Å²) in [5.74, 6) is -1.08. The predicted octanol–water partition coefficient (Wildman–Crippen LogP) is 7.94. The number of halogens is 6. The number of amides is 1. The zero-order valence-electron chi connectivity index (χ0n) is 23.1. The Labute approximate surface area is 238 Å². The van der Waals surface area contributed by atoms with E-state index >= 15 is 0 Å². The SMILES string of the molecule is CC(C)(C)CC[C@@H](Oc1ccc(C(=O)NCCC(=O)O)cc1)c1ccc(-c2cc(C(F)(F)F)cc(C(F)(F)F)c2)nc1. The van der Waals surface area contributed by atoms with Crippen molar-refractivity contribution >= 4 is 11.9 Å². The molecular weight excluding hydrogens is 566 g/mol. The summed E-state index contributed by atoms with van der Waals surface area (Å²) in [5, 5.41) is 11.2. The summed E-state index contributed by atoms with van der Waals surface area (Å²) in [6.45, 7) is 6.08. The highest BCUT2D eigenvalue weighted by Crippen LogP contribution is 2.39. The smallest absolute Gasteiger partial charge is 0.416 e. The Kier molecular flexibility index (Phi) is 9.90. The summed E-state index contributed by atoms with van der Waals surface area (Å²) < 4.78 is 86.1. The topological polar surface area (TPSA) is 88.5 Å². The third-order valence-electron chi connectivity index (χ3n) is 6.22. The lowest BCUT2D eigenvalue weighted by Crippen LogP contribution is -2.25. The number of rotatable bonds is 10. The van der Waals surface area contributed by atoms with Crippen LogP contribution in [-0.4, -0.2) is 28.5 Å². The molecule has 0 radical (unpaired) electrons. The van der Waals surface area contributed by atoms with Crippen LogP contribution < -0.4 is 10.1 Å². The summed E-state index contributed by atoms with van der Waals surface area (Å²) in [6, 6.07) is 10.4. The molecular formula is C30H30F6N2O4. The molecule has 42 heavy (non-hydrogen) atoms. The van der Waals surface area contributed by atoms with Crippen LogP contribution in [0.5, 0.6) is 5.75 Å². The molecule has 3 rings (SSSR count). The highest BCUT2D eigenvalue weighted by molar-refractivity contribution is 5.94. The van der Waals surface area contributed by atoms with Gasteiger partial charge >= 0.3 is 18.3 Å². The zero-order chi connectivity index (χ0) is 31.3. The van der Waals surface area contributed by atoms with Gasteiger partial charge in [-0.3, -0.25) is 14.6 Å². The Balaban J connectivity index is 1.86. The first-order valence-electron chi connectivity index (χ1n) is 12.9. The zero-order valence-corrected chi connectivity index (χ0v) is 23.1. The number of carbonyl (C=O) groups is 2. The van der Waals surface area contributed by atoms with Crippen LogP contribution in [0.1, 0.15) is 73.2 Å². The van der Waals surface area contributed by atoms with Crippen molar-refractivity contribution < 1.29 is 45.8 Å².